The molecule has 0 saturated heterocycles. The van der Waals surface area contributed by atoms with E-state index in [1.165, 1.54) is 12.7 Å². The number of carboxylic acid groups (broad SMARTS) is 1. The molecule has 1 aromatic carbocycles. The van der Waals surface area contributed by atoms with Gasteiger partial charge >= 0.3 is 5.97 Å². The average molecular weight is 408 g/mol. The van der Waals surface area contributed by atoms with Gasteiger partial charge in [0.1, 0.15) is 24.3 Å². The first kappa shape index (κ1) is 18.8. The number of anilines is 2. The Labute approximate surface area is 174 Å². The van der Waals surface area contributed by atoms with Crippen LogP contribution in [0.5, 0.6) is 5.88 Å². The zero-order valence-corrected chi connectivity index (χ0v) is 16.6. The highest BCUT2D eigenvalue weighted by atomic mass is 16.5. The maximum atomic E-state index is 13.1. The van der Waals surface area contributed by atoms with Gasteiger partial charge < -0.3 is 20.5 Å². The predicted octanol–water partition coefficient (Wildman–Crippen LogP) is 2.85. The number of aromatic nitrogens is 2. The van der Waals surface area contributed by atoms with E-state index in [9.17, 15) is 14.7 Å². The van der Waals surface area contributed by atoms with Crippen molar-refractivity contribution in [1.29, 1.82) is 0 Å². The minimum atomic E-state index is -0.696. The van der Waals surface area contributed by atoms with Gasteiger partial charge in [0.25, 0.3) is 5.91 Å². The summed E-state index contributed by atoms with van der Waals surface area (Å²) in [7, 11) is 0. The molecule has 2 heterocycles. The summed E-state index contributed by atoms with van der Waals surface area (Å²) in [6, 6.07) is 7.69. The molecule has 0 bridgehead atoms. The Kier molecular flexibility index (Phi) is 4.38. The lowest BCUT2D eigenvalue weighted by Gasteiger charge is -2.23. The van der Waals surface area contributed by atoms with Crippen molar-refractivity contribution in [3.63, 3.8) is 0 Å². The first-order valence-electron chi connectivity index (χ1n) is 10.4. The Morgan fingerprint density at radius 2 is 1.90 bits per heavy atom. The zero-order valence-electron chi connectivity index (χ0n) is 16.6. The topological polar surface area (TPSA) is 119 Å². The fourth-order valence-electron chi connectivity index (χ4n) is 5.51. The van der Waals surface area contributed by atoms with Gasteiger partial charge in [0.15, 0.2) is 0 Å². The van der Waals surface area contributed by atoms with Gasteiger partial charge in [0, 0.05) is 11.6 Å². The number of aliphatic carboxylic acids is 1. The van der Waals surface area contributed by atoms with Gasteiger partial charge in [-0.1, -0.05) is 31.4 Å². The quantitative estimate of drug-likeness (QED) is 0.801. The minimum Gasteiger partial charge on any atom is -0.481 e. The van der Waals surface area contributed by atoms with E-state index in [1.807, 2.05) is 24.3 Å². The largest absolute Gasteiger partial charge is 0.481 e. The normalized spacial score (nSPS) is 24.7. The van der Waals surface area contributed by atoms with Crippen molar-refractivity contribution in [2.24, 2.45) is 11.3 Å². The van der Waals surface area contributed by atoms with Crippen LogP contribution in [0.3, 0.4) is 0 Å². The second-order valence-electron chi connectivity index (χ2n) is 8.42. The molecule has 2 unspecified atom stereocenters. The lowest BCUT2D eigenvalue weighted by Crippen LogP contribution is -2.32. The molecule has 1 spiro atoms. The van der Waals surface area contributed by atoms with E-state index in [2.05, 4.69) is 9.97 Å². The number of amides is 1. The molecular formula is C22H24N4O4. The Hall–Kier alpha value is -3.16. The van der Waals surface area contributed by atoms with Gasteiger partial charge in [0.05, 0.1) is 12.5 Å². The molecule has 2 saturated carbocycles. The molecular weight excluding hydrogens is 384 g/mol. The number of benzene rings is 1. The first-order valence-corrected chi connectivity index (χ1v) is 10.4. The summed E-state index contributed by atoms with van der Waals surface area (Å²) in [6.45, 7) is 0.656. The number of carbonyl (C=O) groups is 2. The molecule has 2 fully saturated rings. The van der Waals surface area contributed by atoms with E-state index >= 15 is 0 Å². The van der Waals surface area contributed by atoms with Crippen LogP contribution in [0.1, 0.15) is 53.9 Å². The summed E-state index contributed by atoms with van der Waals surface area (Å²) in [4.78, 5) is 34.5. The van der Waals surface area contributed by atoms with Gasteiger partial charge in [-0.15, -0.1) is 0 Å². The summed E-state index contributed by atoms with van der Waals surface area (Å²) in [5.74, 6) is -0.953. The van der Waals surface area contributed by atoms with Gasteiger partial charge in [-0.3, -0.25) is 9.59 Å². The molecule has 8 nitrogen and oxygen atoms in total. The van der Waals surface area contributed by atoms with Gasteiger partial charge in [0.2, 0.25) is 5.88 Å². The number of hydrogen-bond donors (Lipinski definition) is 2. The highest BCUT2D eigenvalue weighted by molar-refractivity contribution is 6.10. The van der Waals surface area contributed by atoms with Crippen LogP contribution < -0.4 is 15.4 Å². The van der Waals surface area contributed by atoms with Crippen molar-refractivity contribution in [3.05, 3.63) is 41.7 Å². The first-order chi connectivity index (χ1) is 14.5. The molecule has 156 valence electrons. The highest BCUT2D eigenvalue weighted by Crippen LogP contribution is 2.71. The Bertz CT molecular complexity index is 1000. The number of ether oxygens (including phenoxy) is 1. The van der Waals surface area contributed by atoms with Gasteiger partial charge in [-0.2, -0.15) is 0 Å². The third-order valence-corrected chi connectivity index (χ3v) is 6.93. The molecule has 2 aliphatic carbocycles. The Morgan fingerprint density at radius 3 is 2.60 bits per heavy atom. The summed E-state index contributed by atoms with van der Waals surface area (Å²) in [6.07, 6.45) is 6.63. The number of carboxylic acids is 1. The van der Waals surface area contributed by atoms with Crippen molar-refractivity contribution in [1.82, 2.24) is 9.97 Å². The molecule has 1 aliphatic heterocycles. The number of rotatable bonds is 3. The number of fused-ring (bicyclic) bond motifs is 1. The zero-order chi connectivity index (χ0) is 20.9. The van der Waals surface area contributed by atoms with Crippen molar-refractivity contribution in [3.8, 4) is 5.88 Å². The second-order valence-corrected chi connectivity index (χ2v) is 8.42. The Morgan fingerprint density at radius 1 is 1.17 bits per heavy atom. The molecule has 2 atom stereocenters. The van der Waals surface area contributed by atoms with Crippen LogP contribution in [-0.4, -0.2) is 40.1 Å². The number of nitrogens with zero attached hydrogens (tertiary/aromatic N) is 3. The number of nitrogen functional groups attached to an aromatic ring is 1. The van der Waals surface area contributed by atoms with Crippen molar-refractivity contribution < 1.29 is 19.4 Å². The van der Waals surface area contributed by atoms with Crippen LogP contribution in [0.15, 0.2) is 30.6 Å². The van der Waals surface area contributed by atoms with Crippen LogP contribution in [0.4, 0.5) is 11.5 Å². The van der Waals surface area contributed by atoms with E-state index in [-0.39, 0.29) is 40.4 Å². The van der Waals surface area contributed by atoms with E-state index in [0.717, 1.165) is 31.2 Å². The van der Waals surface area contributed by atoms with Crippen LogP contribution in [0.25, 0.3) is 0 Å². The molecule has 1 aromatic heterocycles. The molecule has 2 aromatic rings. The fraction of sp³-hybridized carbons (Fsp3) is 0.455. The third kappa shape index (κ3) is 2.81. The van der Waals surface area contributed by atoms with Crippen molar-refractivity contribution in [2.75, 3.05) is 23.8 Å². The molecule has 5 rings (SSSR count). The number of carbonyl (C=O) groups excluding carboxylic acids is 1. The standard InChI is InChI=1S/C22H24N4O4/c23-18-15-19(25-12-24-18)30-11-10-26(20(15)27)14-6-4-13(5-7-14)16-17(21(28)29)22(16)8-2-1-3-9-22/h4-7,12,16-17H,1-3,8-11H2,(H,28,29)(H2,23,24,25). The smallest absolute Gasteiger partial charge is 0.307 e. The minimum absolute atomic E-state index is 0.0530. The lowest BCUT2D eigenvalue weighted by atomic mass is 9.82. The molecule has 0 radical (unpaired) electrons. The van der Waals surface area contributed by atoms with E-state index in [0.29, 0.717) is 18.8 Å². The maximum absolute atomic E-state index is 13.1. The molecule has 3 N–H and O–H groups in total. The number of hydrogen-bond acceptors (Lipinski definition) is 6. The third-order valence-electron chi connectivity index (χ3n) is 6.93. The summed E-state index contributed by atoms with van der Waals surface area (Å²) in [5.41, 5.74) is 7.74. The predicted molar refractivity (Wildman–Crippen MR) is 109 cm³/mol. The highest BCUT2D eigenvalue weighted by Gasteiger charge is 2.67. The van der Waals surface area contributed by atoms with Crippen LogP contribution >= 0.6 is 0 Å². The molecule has 3 aliphatic rings. The van der Waals surface area contributed by atoms with E-state index in [1.54, 1.807) is 4.90 Å². The second kappa shape index (κ2) is 6.97. The van der Waals surface area contributed by atoms with Crippen LogP contribution in [0.2, 0.25) is 0 Å². The lowest BCUT2D eigenvalue weighted by molar-refractivity contribution is -0.139. The van der Waals surface area contributed by atoms with Gasteiger partial charge in [-0.25, -0.2) is 9.97 Å². The number of nitrogens with two attached hydrogens (primary N) is 1. The van der Waals surface area contributed by atoms with Crippen molar-refractivity contribution >= 4 is 23.4 Å². The van der Waals surface area contributed by atoms with E-state index < -0.39 is 5.97 Å². The maximum Gasteiger partial charge on any atom is 0.307 e. The van der Waals surface area contributed by atoms with Crippen LogP contribution in [0, 0.1) is 11.3 Å². The molecule has 30 heavy (non-hydrogen) atoms. The summed E-state index contributed by atoms with van der Waals surface area (Å²) in [5, 5.41) is 9.76. The molecule has 1 amide bonds. The van der Waals surface area contributed by atoms with E-state index in [4.69, 9.17) is 10.5 Å². The average Bonchev–Trinajstić information content (AvgIpc) is 3.42. The van der Waals surface area contributed by atoms with Crippen LogP contribution in [-0.2, 0) is 4.79 Å². The fourth-order valence-corrected chi connectivity index (χ4v) is 5.51. The SMILES string of the molecule is Nc1ncnc2c1C(=O)N(c1ccc(C3C(C(=O)O)C34CCCCC4)cc1)CCO2. The Balaban J connectivity index is 1.42. The molecule has 8 heteroatoms. The monoisotopic (exact) mass is 408 g/mol. The van der Waals surface area contributed by atoms with Crippen molar-refractivity contribution in [2.45, 2.75) is 38.0 Å². The van der Waals surface area contributed by atoms with Gasteiger partial charge in [-0.05, 0) is 36.0 Å². The summed E-state index contributed by atoms with van der Waals surface area (Å²) < 4.78 is 5.58. The summed E-state index contributed by atoms with van der Waals surface area (Å²) >= 11 is 0.